The largest absolute Gasteiger partial charge is 0.422 e. The highest BCUT2D eigenvalue weighted by atomic mass is 16.4. The minimum absolute atomic E-state index is 0.175. The molecular weight excluding hydrogens is 236 g/mol. The molecule has 3 aromatic rings. The summed E-state index contributed by atoms with van der Waals surface area (Å²) in [7, 11) is 0. The van der Waals surface area contributed by atoms with Crippen LogP contribution in [0.2, 0.25) is 0 Å². The van der Waals surface area contributed by atoms with Gasteiger partial charge in [-0.05, 0) is 29.9 Å². The van der Waals surface area contributed by atoms with Gasteiger partial charge in [0.05, 0.1) is 0 Å². The molecule has 0 unspecified atom stereocenters. The molecular formula is C17H16O2. The van der Waals surface area contributed by atoms with E-state index >= 15 is 0 Å². The van der Waals surface area contributed by atoms with Crippen LogP contribution in [-0.2, 0) is 0 Å². The molecule has 0 saturated heterocycles. The first-order valence-electron chi connectivity index (χ1n) is 6.54. The van der Waals surface area contributed by atoms with Gasteiger partial charge in [0.2, 0.25) is 0 Å². The van der Waals surface area contributed by atoms with E-state index < -0.39 is 0 Å². The summed E-state index contributed by atoms with van der Waals surface area (Å²) in [5.74, 6) is 0.175. The first-order chi connectivity index (χ1) is 9.08. The van der Waals surface area contributed by atoms with Crippen molar-refractivity contribution in [3.8, 4) is 0 Å². The number of fused-ring (bicyclic) bond motifs is 3. The maximum absolute atomic E-state index is 12.0. The van der Waals surface area contributed by atoms with E-state index in [-0.39, 0.29) is 11.5 Å². The SMILES string of the molecule is Cc1cccc2c1ccc1cc(C(C)C)c(=O)oc12. The van der Waals surface area contributed by atoms with E-state index in [9.17, 15) is 4.79 Å². The van der Waals surface area contributed by atoms with E-state index in [1.165, 1.54) is 5.56 Å². The van der Waals surface area contributed by atoms with Gasteiger partial charge in [-0.25, -0.2) is 4.79 Å². The van der Waals surface area contributed by atoms with Crippen molar-refractivity contribution in [2.45, 2.75) is 26.7 Å². The standard InChI is InChI=1S/C17H16O2/c1-10(2)15-9-12-7-8-13-11(3)5-4-6-14(13)16(12)19-17(15)18/h4-10H,1-3H3. The van der Waals surface area contributed by atoms with Crippen LogP contribution in [0.25, 0.3) is 21.7 Å². The normalized spacial score (nSPS) is 11.6. The smallest absolute Gasteiger partial charge is 0.339 e. The van der Waals surface area contributed by atoms with Gasteiger partial charge in [0.1, 0.15) is 5.58 Å². The second-order valence-corrected chi connectivity index (χ2v) is 5.30. The van der Waals surface area contributed by atoms with E-state index in [0.717, 1.165) is 21.7 Å². The molecule has 3 rings (SSSR count). The van der Waals surface area contributed by atoms with Gasteiger partial charge < -0.3 is 4.42 Å². The number of benzene rings is 2. The summed E-state index contributed by atoms with van der Waals surface area (Å²) < 4.78 is 5.57. The van der Waals surface area contributed by atoms with Crippen molar-refractivity contribution in [2.75, 3.05) is 0 Å². The molecule has 1 heterocycles. The Morgan fingerprint density at radius 2 is 1.84 bits per heavy atom. The third-order valence-electron chi connectivity index (χ3n) is 3.62. The summed E-state index contributed by atoms with van der Waals surface area (Å²) in [5, 5.41) is 3.13. The zero-order chi connectivity index (χ0) is 13.6. The Labute approximate surface area is 111 Å². The van der Waals surface area contributed by atoms with Gasteiger partial charge in [-0.3, -0.25) is 0 Å². The highest BCUT2D eigenvalue weighted by Crippen LogP contribution is 2.27. The lowest BCUT2D eigenvalue weighted by Crippen LogP contribution is -2.08. The third-order valence-corrected chi connectivity index (χ3v) is 3.62. The second kappa shape index (κ2) is 4.23. The molecule has 96 valence electrons. The average molecular weight is 252 g/mol. The van der Waals surface area contributed by atoms with Crippen LogP contribution in [0.4, 0.5) is 0 Å². The number of aryl methyl sites for hydroxylation is 1. The highest BCUT2D eigenvalue weighted by Gasteiger charge is 2.11. The van der Waals surface area contributed by atoms with Crippen molar-refractivity contribution in [1.82, 2.24) is 0 Å². The summed E-state index contributed by atoms with van der Waals surface area (Å²) in [5.41, 5.74) is 2.39. The summed E-state index contributed by atoms with van der Waals surface area (Å²) in [6.07, 6.45) is 0. The molecule has 0 aliphatic heterocycles. The molecule has 2 nitrogen and oxygen atoms in total. The van der Waals surface area contributed by atoms with E-state index in [1.807, 2.05) is 38.1 Å². The fourth-order valence-electron chi connectivity index (χ4n) is 2.51. The molecule has 0 fully saturated rings. The van der Waals surface area contributed by atoms with Crippen molar-refractivity contribution < 1.29 is 4.42 Å². The molecule has 0 atom stereocenters. The van der Waals surface area contributed by atoms with Crippen molar-refractivity contribution in [3.05, 3.63) is 57.9 Å². The van der Waals surface area contributed by atoms with Crippen molar-refractivity contribution in [1.29, 1.82) is 0 Å². The maximum atomic E-state index is 12.0. The number of hydrogen-bond acceptors (Lipinski definition) is 2. The predicted octanol–water partition coefficient (Wildman–Crippen LogP) is 4.38. The highest BCUT2D eigenvalue weighted by molar-refractivity contribution is 6.05. The van der Waals surface area contributed by atoms with Crippen molar-refractivity contribution in [2.24, 2.45) is 0 Å². The second-order valence-electron chi connectivity index (χ2n) is 5.30. The summed E-state index contributed by atoms with van der Waals surface area (Å²) in [6.45, 7) is 6.07. The van der Waals surface area contributed by atoms with Crippen LogP contribution >= 0.6 is 0 Å². The van der Waals surface area contributed by atoms with Gasteiger partial charge >= 0.3 is 5.63 Å². The Kier molecular flexibility index (Phi) is 2.67. The Bertz CT molecular complexity index is 826. The van der Waals surface area contributed by atoms with Crippen LogP contribution in [0, 0.1) is 6.92 Å². The van der Waals surface area contributed by atoms with Crippen LogP contribution in [-0.4, -0.2) is 0 Å². The molecule has 2 aromatic carbocycles. The van der Waals surface area contributed by atoms with Gasteiger partial charge in [-0.2, -0.15) is 0 Å². The summed E-state index contributed by atoms with van der Waals surface area (Å²) in [4.78, 5) is 12.0. The average Bonchev–Trinajstić information content (AvgIpc) is 2.38. The Morgan fingerprint density at radius 1 is 1.05 bits per heavy atom. The fraction of sp³-hybridized carbons (Fsp3) is 0.235. The fourth-order valence-corrected chi connectivity index (χ4v) is 2.51. The molecule has 0 aliphatic carbocycles. The van der Waals surface area contributed by atoms with Gasteiger partial charge in [-0.1, -0.05) is 44.2 Å². The molecule has 19 heavy (non-hydrogen) atoms. The van der Waals surface area contributed by atoms with Crippen LogP contribution in [0.5, 0.6) is 0 Å². The third kappa shape index (κ3) is 1.84. The van der Waals surface area contributed by atoms with E-state index in [4.69, 9.17) is 4.42 Å². The molecule has 0 amide bonds. The van der Waals surface area contributed by atoms with Crippen LogP contribution in [0.1, 0.15) is 30.9 Å². The first kappa shape index (κ1) is 12.0. The topological polar surface area (TPSA) is 30.2 Å². The minimum atomic E-state index is -0.225. The van der Waals surface area contributed by atoms with Crippen LogP contribution in [0.3, 0.4) is 0 Å². The molecule has 1 aromatic heterocycles. The molecule has 0 spiro atoms. The molecule has 0 saturated carbocycles. The molecule has 0 N–H and O–H groups in total. The quantitative estimate of drug-likeness (QED) is 0.475. The number of hydrogen-bond donors (Lipinski definition) is 0. The zero-order valence-corrected chi connectivity index (χ0v) is 11.4. The van der Waals surface area contributed by atoms with E-state index in [1.54, 1.807) is 0 Å². The van der Waals surface area contributed by atoms with Gasteiger partial charge in [0.25, 0.3) is 0 Å². The molecule has 0 bridgehead atoms. The van der Waals surface area contributed by atoms with Crippen LogP contribution in [0.15, 0.2) is 45.6 Å². The molecule has 0 radical (unpaired) electrons. The summed E-state index contributed by atoms with van der Waals surface area (Å²) in [6, 6.07) is 12.1. The van der Waals surface area contributed by atoms with Gasteiger partial charge in [-0.15, -0.1) is 0 Å². The minimum Gasteiger partial charge on any atom is -0.422 e. The van der Waals surface area contributed by atoms with E-state index in [0.29, 0.717) is 5.58 Å². The first-order valence-corrected chi connectivity index (χ1v) is 6.54. The lowest BCUT2D eigenvalue weighted by Gasteiger charge is -2.08. The molecule has 0 aliphatic rings. The monoisotopic (exact) mass is 252 g/mol. The summed E-state index contributed by atoms with van der Waals surface area (Å²) >= 11 is 0. The van der Waals surface area contributed by atoms with Crippen molar-refractivity contribution in [3.63, 3.8) is 0 Å². The number of rotatable bonds is 1. The zero-order valence-electron chi connectivity index (χ0n) is 11.4. The Morgan fingerprint density at radius 3 is 2.58 bits per heavy atom. The van der Waals surface area contributed by atoms with Gasteiger partial charge in [0, 0.05) is 16.3 Å². The maximum Gasteiger partial charge on any atom is 0.339 e. The molecule has 2 heteroatoms. The Balaban J connectivity index is 2.47. The predicted molar refractivity (Wildman–Crippen MR) is 78.8 cm³/mol. The van der Waals surface area contributed by atoms with Gasteiger partial charge in [0.15, 0.2) is 0 Å². The van der Waals surface area contributed by atoms with E-state index in [2.05, 4.69) is 19.1 Å². The van der Waals surface area contributed by atoms with Crippen LogP contribution < -0.4 is 5.63 Å². The van der Waals surface area contributed by atoms with Crippen molar-refractivity contribution >= 4 is 21.7 Å². The Hall–Kier alpha value is -2.09. The lowest BCUT2D eigenvalue weighted by molar-refractivity contribution is 0.547. The lowest BCUT2D eigenvalue weighted by atomic mass is 10.00.